The number of nitrogens with one attached hydrogen (secondary N) is 3. The zero-order valence-electron chi connectivity index (χ0n) is 60.9. The number of pyridine rings is 3. The Labute approximate surface area is 692 Å². The number of piperidine rings is 3. The Balaban J connectivity index is 0.000000225. The molecule has 3 aliphatic rings. The van der Waals surface area contributed by atoms with Crippen molar-refractivity contribution in [3.05, 3.63) is 112 Å². The summed E-state index contributed by atoms with van der Waals surface area (Å²) in [4.78, 5) is 74.1. The number of carbonyl (C=O) groups excluding carboxylic acids is 2. The number of anilines is 6. The molecule has 582 valence electrons. The first-order chi connectivity index (χ1) is 51.3. The molecule has 0 radical (unpaired) electrons. The Morgan fingerprint density at radius 1 is 0.518 bits per heavy atom. The first kappa shape index (κ1) is 89.8. The summed E-state index contributed by atoms with van der Waals surface area (Å²) in [7, 11) is 0. The van der Waals surface area contributed by atoms with E-state index in [2.05, 4.69) is 171 Å². The average Bonchev–Trinajstić information content (AvgIpc) is 1.56. The van der Waals surface area contributed by atoms with Gasteiger partial charge in [0.2, 0.25) is 17.8 Å². The van der Waals surface area contributed by atoms with Crippen LogP contribution in [0.5, 0.6) is 0 Å². The number of carbonyl (C=O) groups is 2. The predicted octanol–water partition coefficient (Wildman–Crippen LogP) is 11.6. The maximum Gasteiger partial charge on any atom is 1.00 e. The van der Waals surface area contributed by atoms with Crippen LogP contribution in [0.25, 0.3) is 16.9 Å². The Hall–Kier alpha value is -9.12. The maximum absolute atomic E-state index is 12.3. The summed E-state index contributed by atoms with van der Waals surface area (Å²) >= 11 is 29.4. The summed E-state index contributed by atoms with van der Waals surface area (Å²) in [6.45, 7) is 22.3. The molecule has 3 saturated heterocycles. The van der Waals surface area contributed by atoms with Gasteiger partial charge in [0.25, 0.3) is 0 Å². The largest absolute Gasteiger partial charge is 1.00 e. The third kappa shape index (κ3) is 26.3. The minimum Gasteiger partial charge on any atom is -0.778 e. The Morgan fingerprint density at radius 2 is 0.855 bits per heavy atom. The minimum atomic E-state index is -0.524. The van der Waals surface area contributed by atoms with Crippen molar-refractivity contribution < 1.29 is 48.6 Å². The van der Waals surface area contributed by atoms with Crippen molar-refractivity contribution in [3.63, 3.8) is 0 Å². The minimum absolute atomic E-state index is 0. The van der Waals surface area contributed by atoms with E-state index in [1.807, 2.05) is 97.9 Å². The molecule has 0 unspecified atom stereocenters. The zero-order valence-corrected chi connectivity index (χ0v) is 69.2. The first-order valence-corrected chi connectivity index (χ1v) is 36.6. The van der Waals surface area contributed by atoms with Gasteiger partial charge in [-0.2, -0.15) is 10.4 Å². The van der Waals surface area contributed by atoms with Crippen LogP contribution in [0.3, 0.4) is 0 Å². The van der Waals surface area contributed by atoms with Crippen molar-refractivity contribution in [2.75, 3.05) is 71.2 Å². The molecule has 48 heteroatoms. The maximum atomic E-state index is 12.3. The van der Waals surface area contributed by atoms with E-state index >= 15 is 0 Å². The Bertz CT molecular complexity index is 4720. The second-order valence-corrected chi connectivity index (χ2v) is 31.1. The fourth-order valence-electron chi connectivity index (χ4n) is 10.4. The molecule has 0 bridgehead atoms. The standard InChI is InChI=1S/C22H28ClN7O2S.C17H24BrN5O2.C17H20ClN7S.C5H5ClN2S.CH4.H3N15.Na/c1-21(2,3)32-20(31)28-22(4)6-10-29(11-7-22)19-27-13-15(18-26-9-12-30(18)19)33-14-5-8-25-17(24)16(14)23;1-16(2,3)25-15(24)21-17(4)5-8-22(9-6-17)14-20-11-12(18)13-19-7-10-23(13)14;1-17(20)3-7-24(8-4-17)16-23-10-12(15-22-6-9-25(15)16)26-11-2-5-21-14(19)13(11)18;6-4-3(9)1-2-8-5(4)7;;1-3-5-7-9-11-13-15-14-12-10-8-6-4-2;/h5,8-9,12-13H,6-7,10-11H2,1-4H3,(H2,24,25)(H,28,31);7,10-11H,5-6,8-9H2,1-4H3,(H,21,24);2,5-6,9-10H,3-4,7-8,20H2,1H3,(H2,19,21);1-2H,(H3,7,8,9);1H4;(H3,1,2,5,6,9,10,13,14);/q;;;;;;+1/p-1. The second kappa shape index (κ2) is 41.2. The molecule has 2 amide bonds. The molecule has 13 N–H and O–H groups in total. The summed E-state index contributed by atoms with van der Waals surface area (Å²) in [5.74, 6) is 8.05. The summed E-state index contributed by atoms with van der Waals surface area (Å²) in [6.07, 6.45) is 25.6. The van der Waals surface area contributed by atoms with Crippen LogP contribution in [-0.2, 0) is 22.1 Å². The average molecular weight is 1700 g/mol. The molecular formula is C62H83BrCl3N36NaO4S3. The zero-order chi connectivity index (χ0) is 78.4. The van der Waals surface area contributed by atoms with E-state index < -0.39 is 11.2 Å². The van der Waals surface area contributed by atoms with Crippen LogP contribution < -0.4 is 83.7 Å². The van der Waals surface area contributed by atoms with E-state index in [0.717, 1.165) is 137 Å². The van der Waals surface area contributed by atoms with Crippen LogP contribution >= 0.6 is 74.3 Å². The molecule has 9 aromatic heterocycles. The van der Waals surface area contributed by atoms with Gasteiger partial charge in [0.15, 0.2) is 16.9 Å². The van der Waals surface area contributed by atoms with Crippen molar-refractivity contribution in [3.8, 4) is 0 Å². The van der Waals surface area contributed by atoms with E-state index in [0.29, 0.717) is 37.4 Å². The first-order valence-electron chi connectivity index (χ1n) is 32.7. The monoisotopic (exact) mass is 1700 g/mol. The number of hydrogen-bond acceptors (Lipinski definition) is 25. The summed E-state index contributed by atoms with van der Waals surface area (Å²) in [5.41, 5.74) is 30.1. The van der Waals surface area contributed by atoms with Crippen LogP contribution in [0.15, 0.2) is 189 Å². The number of aromatic nitrogens is 12. The molecule has 0 spiro atoms. The Kier molecular flexibility index (Phi) is 33.7. The molecule has 9 aromatic rings. The van der Waals surface area contributed by atoms with Gasteiger partial charge in [0.05, 0.1) is 29.3 Å². The van der Waals surface area contributed by atoms with Gasteiger partial charge in [-0.3, -0.25) is 13.2 Å². The van der Waals surface area contributed by atoms with Crippen molar-refractivity contribution >= 4 is 151 Å². The number of alkyl carbamates (subject to hydrolysis) is 2. The summed E-state index contributed by atoms with van der Waals surface area (Å²) in [5, 5.41) is 44.6. The van der Waals surface area contributed by atoms with Crippen LogP contribution in [0.4, 0.5) is 44.9 Å². The normalized spacial score (nSPS) is 15.5. The van der Waals surface area contributed by atoms with E-state index in [1.165, 1.54) is 29.7 Å². The van der Waals surface area contributed by atoms with Crippen LogP contribution in [0, 0.1) is 5.53 Å². The number of amides is 2. The Morgan fingerprint density at radius 3 is 1.22 bits per heavy atom. The van der Waals surface area contributed by atoms with Gasteiger partial charge < -0.3 is 76.2 Å². The van der Waals surface area contributed by atoms with E-state index in [9.17, 15) is 9.59 Å². The number of ether oxygens (including phenoxy) is 2. The third-order valence-corrected chi connectivity index (χ3v) is 20.3. The smallest absolute Gasteiger partial charge is 0.778 e. The van der Waals surface area contributed by atoms with Gasteiger partial charge in [0.1, 0.15) is 28.7 Å². The molecule has 3 fully saturated rings. The van der Waals surface area contributed by atoms with Gasteiger partial charge in [-0.1, -0.05) is 77.0 Å². The molecule has 12 heterocycles. The summed E-state index contributed by atoms with van der Waals surface area (Å²) in [6, 6.07) is 5.29. The van der Waals surface area contributed by atoms with Gasteiger partial charge in [0, 0.05) is 140 Å². The predicted molar refractivity (Wildman–Crippen MR) is 419 cm³/mol. The van der Waals surface area contributed by atoms with Crippen LogP contribution in [0.2, 0.25) is 15.1 Å². The number of rotatable bonds is 15. The molecule has 40 nitrogen and oxygen atoms in total. The van der Waals surface area contributed by atoms with Crippen molar-refractivity contribution in [1.82, 2.24) is 68.7 Å². The number of halogens is 4. The molecule has 12 rings (SSSR count). The number of nitrogens with two attached hydrogens (primary N) is 5. The SMILES string of the molecule is C.CC1(N)CCN(c2ncc(Sc3ccnc(N)c3Cl)c3nccn23)CC1.CC1(NC(=O)OC(C)(C)C)CCN(c2ncc(Br)c3nccn23)CC1.CC1(NC(=O)OC(C)(C)C)CCN(c2ncc(Sc3ccnc(N)c3Cl)c3nccn23)CC1.N=N/N=N/N=N/N=N/N=N/N=N/N=N/N.Nc1nccc([S-])c1Cl.[Na+]. The van der Waals surface area contributed by atoms with Gasteiger partial charge in [-0.05, 0) is 192 Å². The molecule has 0 aliphatic carbocycles. The molecule has 0 saturated carbocycles. The number of fused-ring (bicyclic) bond motifs is 3. The molecular weight excluding hydrogens is 1620 g/mol. The topological polar surface area (TPSA) is 530 Å². The van der Waals surface area contributed by atoms with Crippen LogP contribution in [-0.4, -0.2) is 137 Å². The van der Waals surface area contributed by atoms with Gasteiger partial charge in [-0.25, -0.2) is 54.4 Å². The number of nitrogen functional groups attached to an aromatic ring is 3. The number of nitrogens with zero attached hydrogens (tertiary/aromatic N) is 28. The molecule has 0 aromatic carbocycles. The molecule has 110 heavy (non-hydrogen) atoms. The molecule has 0 atom stereocenters. The van der Waals surface area contributed by atoms with E-state index in [-0.39, 0.29) is 65.8 Å². The van der Waals surface area contributed by atoms with Crippen molar-refractivity contribution in [1.29, 1.82) is 5.53 Å². The molecule has 3 aliphatic heterocycles. The van der Waals surface area contributed by atoms with Gasteiger partial charge >= 0.3 is 41.7 Å². The van der Waals surface area contributed by atoms with Crippen molar-refractivity contribution in [2.45, 2.75) is 161 Å². The summed E-state index contributed by atoms with van der Waals surface area (Å²) < 4.78 is 17.7. The fraction of sp³-hybridized carbons (Fsp3) is 0.435. The fourth-order valence-corrected chi connectivity index (χ4v) is 13.3. The van der Waals surface area contributed by atoms with Crippen molar-refractivity contribution in [2.24, 2.45) is 79.5 Å². The van der Waals surface area contributed by atoms with E-state index in [4.69, 9.17) is 95.3 Å². The van der Waals surface area contributed by atoms with Gasteiger partial charge in [-0.15, -0.1) is 0 Å². The van der Waals surface area contributed by atoms with E-state index in [1.54, 1.807) is 43.2 Å². The quantitative estimate of drug-likeness (QED) is 0.0155. The third-order valence-electron chi connectivity index (χ3n) is 15.8. The van der Waals surface area contributed by atoms with Crippen LogP contribution in [0.1, 0.15) is 108 Å². The number of imidazole rings is 3. The second-order valence-electron chi connectivity index (χ2n) is 26.5. The number of hydrogen-bond donors (Lipinski definition) is 8.